The molecular formula is C18H15ClN2O5. The van der Waals surface area contributed by atoms with Gasteiger partial charge < -0.3 is 19.3 Å². The van der Waals surface area contributed by atoms with Crippen molar-refractivity contribution in [2.45, 2.75) is 6.92 Å². The van der Waals surface area contributed by atoms with Gasteiger partial charge in [0.1, 0.15) is 17.0 Å². The van der Waals surface area contributed by atoms with E-state index < -0.39 is 5.97 Å². The summed E-state index contributed by atoms with van der Waals surface area (Å²) in [6, 6.07) is 10.1. The first-order valence-corrected chi connectivity index (χ1v) is 8.09. The molecule has 1 N–H and O–H groups in total. The Morgan fingerprint density at radius 1 is 1.12 bits per heavy atom. The van der Waals surface area contributed by atoms with Crippen LogP contribution in [0.2, 0.25) is 5.15 Å². The molecule has 0 atom stereocenters. The number of carbonyl (C=O) groups is 1. The highest BCUT2D eigenvalue weighted by Crippen LogP contribution is 2.33. The monoisotopic (exact) mass is 374 g/mol. The number of benzene rings is 1. The minimum atomic E-state index is -0.757. The van der Waals surface area contributed by atoms with E-state index in [4.69, 9.17) is 25.8 Å². The lowest BCUT2D eigenvalue weighted by Gasteiger charge is -2.10. The summed E-state index contributed by atoms with van der Waals surface area (Å²) in [5.74, 6) is 0.412. The van der Waals surface area contributed by atoms with E-state index in [0.717, 1.165) is 0 Å². The van der Waals surface area contributed by atoms with Gasteiger partial charge in [-0.25, -0.2) is 14.8 Å². The van der Waals surface area contributed by atoms with Gasteiger partial charge in [-0.3, -0.25) is 0 Å². The maximum atomic E-state index is 11.9. The van der Waals surface area contributed by atoms with Crippen LogP contribution in [0.15, 0.2) is 36.4 Å². The van der Waals surface area contributed by atoms with Gasteiger partial charge >= 0.3 is 5.97 Å². The Kier molecular flexibility index (Phi) is 5.09. The molecule has 0 aliphatic rings. The Hall–Kier alpha value is -3.06. The van der Waals surface area contributed by atoms with Crippen molar-refractivity contribution in [2.75, 3.05) is 13.7 Å². The molecule has 0 aliphatic carbocycles. The van der Waals surface area contributed by atoms with E-state index in [0.29, 0.717) is 11.5 Å². The maximum absolute atomic E-state index is 11.9. The molecule has 3 rings (SSSR count). The van der Waals surface area contributed by atoms with Gasteiger partial charge in [-0.2, -0.15) is 0 Å². The van der Waals surface area contributed by atoms with Crippen LogP contribution in [-0.2, 0) is 4.74 Å². The van der Waals surface area contributed by atoms with E-state index in [2.05, 4.69) is 9.97 Å². The molecule has 26 heavy (non-hydrogen) atoms. The van der Waals surface area contributed by atoms with Crippen LogP contribution in [0.25, 0.3) is 10.9 Å². The smallest absolute Gasteiger partial charge is 0.360 e. The Bertz CT molecular complexity index is 960. The van der Waals surface area contributed by atoms with Crippen LogP contribution in [-0.4, -0.2) is 34.8 Å². The highest BCUT2D eigenvalue weighted by molar-refractivity contribution is 6.34. The number of aromatic nitrogens is 2. The van der Waals surface area contributed by atoms with Gasteiger partial charge in [0.05, 0.1) is 13.7 Å². The molecule has 0 saturated carbocycles. The Morgan fingerprint density at radius 3 is 2.46 bits per heavy atom. The predicted molar refractivity (Wildman–Crippen MR) is 95.2 cm³/mol. The quantitative estimate of drug-likeness (QED) is 0.533. The second kappa shape index (κ2) is 7.45. The molecule has 0 spiro atoms. The molecule has 0 saturated heterocycles. The summed E-state index contributed by atoms with van der Waals surface area (Å²) >= 11 is 6.13. The van der Waals surface area contributed by atoms with Crippen LogP contribution in [0.4, 0.5) is 0 Å². The third kappa shape index (κ3) is 3.48. The predicted octanol–water partition coefficient (Wildman–Crippen LogP) is 3.97. The average molecular weight is 375 g/mol. The van der Waals surface area contributed by atoms with Crippen molar-refractivity contribution in [1.82, 2.24) is 9.97 Å². The SMILES string of the molecule is CCOC(=O)c1nc(Cl)c2nc(Oc3ccc(OC)cc3)ccc2c1O. The number of nitrogens with zero attached hydrogens (tertiary/aromatic N) is 2. The fourth-order valence-corrected chi connectivity index (χ4v) is 2.51. The van der Waals surface area contributed by atoms with Crippen molar-refractivity contribution in [2.24, 2.45) is 0 Å². The zero-order chi connectivity index (χ0) is 18.7. The number of ether oxygens (including phenoxy) is 3. The molecule has 0 unspecified atom stereocenters. The molecule has 2 aromatic heterocycles. The number of methoxy groups -OCH3 is 1. The van der Waals surface area contributed by atoms with Crippen molar-refractivity contribution < 1.29 is 24.1 Å². The van der Waals surface area contributed by atoms with Gasteiger partial charge in [-0.05, 0) is 37.3 Å². The summed E-state index contributed by atoms with van der Waals surface area (Å²) in [6.07, 6.45) is 0. The summed E-state index contributed by atoms with van der Waals surface area (Å²) in [7, 11) is 1.58. The van der Waals surface area contributed by atoms with Gasteiger partial charge in [0.25, 0.3) is 0 Å². The number of fused-ring (bicyclic) bond motifs is 1. The third-order valence-corrected chi connectivity index (χ3v) is 3.77. The number of aromatic hydroxyl groups is 1. The lowest BCUT2D eigenvalue weighted by Crippen LogP contribution is -2.08. The summed E-state index contributed by atoms with van der Waals surface area (Å²) in [4.78, 5) is 20.0. The first-order chi connectivity index (χ1) is 12.5. The van der Waals surface area contributed by atoms with Crippen LogP contribution in [0.1, 0.15) is 17.4 Å². The second-order valence-corrected chi connectivity index (χ2v) is 5.50. The number of carbonyl (C=O) groups excluding carboxylic acids is 1. The van der Waals surface area contributed by atoms with Gasteiger partial charge in [-0.15, -0.1) is 0 Å². The van der Waals surface area contributed by atoms with Crippen LogP contribution < -0.4 is 9.47 Å². The molecule has 3 aromatic rings. The molecule has 1 aromatic carbocycles. The van der Waals surface area contributed by atoms with E-state index in [9.17, 15) is 9.90 Å². The Labute approximate surface area is 154 Å². The summed E-state index contributed by atoms with van der Waals surface area (Å²) in [6.45, 7) is 1.81. The number of pyridine rings is 2. The van der Waals surface area contributed by atoms with Gasteiger partial charge in [0.15, 0.2) is 16.6 Å². The van der Waals surface area contributed by atoms with E-state index >= 15 is 0 Å². The molecule has 0 amide bonds. The Balaban J connectivity index is 1.96. The van der Waals surface area contributed by atoms with E-state index in [1.807, 2.05) is 0 Å². The third-order valence-electron chi connectivity index (χ3n) is 3.51. The van der Waals surface area contributed by atoms with Gasteiger partial charge in [0, 0.05) is 11.5 Å². The van der Waals surface area contributed by atoms with E-state index in [1.165, 1.54) is 0 Å². The fraction of sp³-hybridized carbons (Fsp3) is 0.167. The summed E-state index contributed by atoms with van der Waals surface area (Å²) < 4.78 is 15.6. The molecule has 8 heteroatoms. The topological polar surface area (TPSA) is 90.8 Å². The van der Waals surface area contributed by atoms with Crippen LogP contribution >= 0.6 is 11.6 Å². The zero-order valence-electron chi connectivity index (χ0n) is 14.0. The minimum Gasteiger partial charge on any atom is -0.505 e. The summed E-state index contributed by atoms with van der Waals surface area (Å²) in [5, 5.41) is 10.5. The van der Waals surface area contributed by atoms with Crippen LogP contribution in [0.3, 0.4) is 0 Å². The number of rotatable bonds is 5. The van der Waals surface area contributed by atoms with Gasteiger partial charge in [-0.1, -0.05) is 11.6 Å². The standard InChI is InChI=1S/C18H15ClN2O5/c1-3-25-18(23)15-16(22)12-8-9-13(20-14(12)17(19)21-15)26-11-6-4-10(24-2)5-7-11/h4-9,22H,3H2,1-2H3. The number of halogens is 1. The molecule has 0 bridgehead atoms. The molecule has 0 fully saturated rings. The molecule has 0 radical (unpaired) electrons. The number of hydrogen-bond acceptors (Lipinski definition) is 7. The van der Waals surface area contributed by atoms with E-state index in [-0.39, 0.29) is 40.0 Å². The fourth-order valence-electron chi connectivity index (χ4n) is 2.28. The minimum absolute atomic E-state index is 0.0407. The molecule has 2 heterocycles. The Morgan fingerprint density at radius 2 is 1.81 bits per heavy atom. The first-order valence-electron chi connectivity index (χ1n) is 7.71. The average Bonchev–Trinajstić information content (AvgIpc) is 2.65. The van der Waals surface area contributed by atoms with Crippen molar-refractivity contribution >= 4 is 28.5 Å². The highest BCUT2D eigenvalue weighted by Gasteiger charge is 2.20. The van der Waals surface area contributed by atoms with Crippen molar-refractivity contribution in [3.63, 3.8) is 0 Å². The van der Waals surface area contributed by atoms with Crippen molar-refractivity contribution in [3.8, 4) is 23.1 Å². The lowest BCUT2D eigenvalue weighted by atomic mass is 10.2. The summed E-state index contributed by atoms with van der Waals surface area (Å²) in [5.41, 5.74) is -0.0433. The van der Waals surface area contributed by atoms with Crippen molar-refractivity contribution in [1.29, 1.82) is 0 Å². The molecule has 0 aliphatic heterocycles. The second-order valence-electron chi connectivity index (χ2n) is 5.14. The molecular weight excluding hydrogens is 360 g/mol. The molecule has 7 nitrogen and oxygen atoms in total. The van der Waals surface area contributed by atoms with Crippen LogP contribution in [0, 0.1) is 0 Å². The highest BCUT2D eigenvalue weighted by atomic mass is 35.5. The maximum Gasteiger partial charge on any atom is 0.360 e. The van der Waals surface area contributed by atoms with Gasteiger partial charge in [0.2, 0.25) is 5.88 Å². The lowest BCUT2D eigenvalue weighted by molar-refractivity contribution is 0.0516. The first kappa shape index (κ1) is 17.8. The van der Waals surface area contributed by atoms with E-state index in [1.54, 1.807) is 50.4 Å². The van der Waals surface area contributed by atoms with Crippen molar-refractivity contribution in [3.05, 3.63) is 47.2 Å². The number of esters is 1. The van der Waals surface area contributed by atoms with Crippen LogP contribution in [0.5, 0.6) is 23.1 Å². The normalized spacial score (nSPS) is 10.6. The molecule has 134 valence electrons. The number of hydrogen-bond donors (Lipinski definition) is 1. The largest absolute Gasteiger partial charge is 0.505 e. The zero-order valence-corrected chi connectivity index (χ0v) is 14.8.